The number of carbonyl (C=O) groups excluding carboxylic acids is 4. The fourth-order valence-electron chi connectivity index (χ4n) is 5.98. The van der Waals surface area contributed by atoms with Crippen LogP contribution < -0.4 is 21.3 Å². The Kier molecular flexibility index (Phi) is 11.1. The van der Waals surface area contributed by atoms with Gasteiger partial charge in [0.05, 0.1) is 17.5 Å². The van der Waals surface area contributed by atoms with Crippen molar-refractivity contribution in [2.24, 2.45) is 0 Å². The van der Waals surface area contributed by atoms with E-state index in [1.807, 2.05) is 30.3 Å². The van der Waals surface area contributed by atoms with Crippen LogP contribution in [0.5, 0.6) is 0 Å². The largest absolute Gasteiger partial charge is 0.383 e. The van der Waals surface area contributed by atoms with Gasteiger partial charge in [0.1, 0.15) is 11.7 Å². The number of amides is 4. The van der Waals surface area contributed by atoms with E-state index in [9.17, 15) is 19.2 Å². The Hall–Kier alpha value is -4.74. The van der Waals surface area contributed by atoms with Crippen molar-refractivity contribution in [3.05, 3.63) is 77.4 Å². The van der Waals surface area contributed by atoms with Crippen molar-refractivity contribution in [1.82, 2.24) is 36.0 Å². The van der Waals surface area contributed by atoms with Crippen molar-refractivity contribution >= 4 is 29.3 Å². The molecule has 1 aliphatic heterocycles. The summed E-state index contributed by atoms with van der Waals surface area (Å²) in [6.07, 6.45) is 9.61. The zero-order valence-corrected chi connectivity index (χ0v) is 25.5. The molecule has 1 fully saturated rings. The maximum absolute atomic E-state index is 13.9. The lowest BCUT2D eigenvalue weighted by Gasteiger charge is -2.26. The molecule has 4 amide bonds. The highest BCUT2D eigenvalue weighted by Crippen LogP contribution is 2.33. The van der Waals surface area contributed by atoms with Gasteiger partial charge in [-0.2, -0.15) is 5.10 Å². The van der Waals surface area contributed by atoms with E-state index in [4.69, 9.17) is 0 Å². The summed E-state index contributed by atoms with van der Waals surface area (Å²) in [6, 6.07) is 12.0. The van der Waals surface area contributed by atoms with Crippen LogP contribution >= 0.6 is 0 Å². The summed E-state index contributed by atoms with van der Waals surface area (Å²) in [5.74, 6) is -0.861. The van der Waals surface area contributed by atoms with Crippen molar-refractivity contribution < 1.29 is 19.2 Å². The van der Waals surface area contributed by atoms with E-state index in [0.717, 1.165) is 36.9 Å². The van der Waals surface area contributed by atoms with E-state index in [0.29, 0.717) is 37.3 Å². The number of pyridine rings is 1. The molecule has 45 heavy (non-hydrogen) atoms. The zero-order valence-electron chi connectivity index (χ0n) is 25.5. The van der Waals surface area contributed by atoms with Gasteiger partial charge in [-0.05, 0) is 37.0 Å². The van der Waals surface area contributed by atoms with Gasteiger partial charge in [0, 0.05) is 63.4 Å². The second-order valence-corrected chi connectivity index (χ2v) is 11.6. The van der Waals surface area contributed by atoms with Gasteiger partial charge in [0.2, 0.25) is 11.8 Å². The van der Waals surface area contributed by atoms with E-state index < -0.39 is 11.9 Å². The Labute approximate surface area is 263 Å². The van der Waals surface area contributed by atoms with Crippen molar-refractivity contribution in [1.29, 1.82) is 0 Å². The third kappa shape index (κ3) is 8.90. The number of carbonyl (C=O) groups is 4. The lowest BCUT2D eigenvalue weighted by atomic mass is 9.85. The highest BCUT2D eigenvalue weighted by Gasteiger charge is 2.27. The monoisotopic (exact) mass is 614 g/mol. The van der Waals surface area contributed by atoms with Gasteiger partial charge in [-0.25, -0.2) is 0 Å². The molecule has 3 heterocycles. The molecule has 0 saturated heterocycles. The lowest BCUT2D eigenvalue weighted by Crippen LogP contribution is -2.50. The molecule has 5 rings (SSSR count). The van der Waals surface area contributed by atoms with E-state index in [-0.39, 0.29) is 55.3 Å². The minimum atomic E-state index is -0.863. The lowest BCUT2D eigenvalue weighted by molar-refractivity contribution is -0.123. The van der Waals surface area contributed by atoms with Gasteiger partial charge in [-0.1, -0.05) is 49.6 Å². The molecule has 3 aromatic rings. The normalized spacial score (nSPS) is 19.6. The SMILES string of the molecule is O=C1CCCN(C(=O)c2cn[nH]c2C2CCCCC2)CCNC(=O)[C@H](Cc2ccccc2)NC(=O)c2cc(ccn2)NCCN1. The van der Waals surface area contributed by atoms with Gasteiger partial charge in [-0.3, -0.25) is 29.3 Å². The first kappa shape index (κ1) is 31.7. The number of nitrogens with one attached hydrogen (secondary N) is 5. The summed E-state index contributed by atoms with van der Waals surface area (Å²) in [5, 5.41) is 19.2. The number of anilines is 1. The molecule has 12 heteroatoms. The molecular weight excluding hydrogens is 572 g/mol. The zero-order chi connectivity index (χ0) is 31.4. The van der Waals surface area contributed by atoms with Gasteiger partial charge in [0.15, 0.2) is 0 Å². The molecule has 1 aliphatic carbocycles. The predicted octanol–water partition coefficient (Wildman–Crippen LogP) is 2.77. The summed E-state index contributed by atoms with van der Waals surface area (Å²) in [4.78, 5) is 59.1. The topological polar surface area (TPSA) is 161 Å². The van der Waals surface area contributed by atoms with Crippen molar-refractivity contribution in [2.45, 2.75) is 63.3 Å². The van der Waals surface area contributed by atoms with Crippen LogP contribution in [0.3, 0.4) is 0 Å². The molecule has 5 N–H and O–H groups in total. The van der Waals surface area contributed by atoms with Crippen LogP contribution in [-0.4, -0.2) is 82.5 Å². The second kappa shape index (κ2) is 15.8. The van der Waals surface area contributed by atoms with Crippen LogP contribution in [0.2, 0.25) is 0 Å². The summed E-state index contributed by atoms with van der Waals surface area (Å²) in [6.45, 7) is 1.60. The number of fused-ring (bicyclic) bond motifs is 2. The third-order valence-corrected chi connectivity index (χ3v) is 8.39. The minimum Gasteiger partial charge on any atom is -0.383 e. The van der Waals surface area contributed by atoms with Gasteiger partial charge >= 0.3 is 0 Å². The van der Waals surface area contributed by atoms with Gasteiger partial charge in [0.25, 0.3) is 11.8 Å². The number of nitrogens with zero attached hydrogens (tertiary/aromatic N) is 3. The van der Waals surface area contributed by atoms with Crippen molar-refractivity contribution in [2.75, 3.05) is 38.0 Å². The Bertz CT molecular complexity index is 1450. The minimum absolute atomic E-state index is 0.111. The molecule has 1 atom stereocenters. The average Bonchev–Trinajstić information content (AvgIpc) is 3.56. The smallest absolute Gasteiger partial charge is 0.270 e. The molecule has 0 spiro atoms. The average molecular weight is 615 g/mol. The van der Waals surface area contributed by atoms with Crippen LogP contribution in [0.15, 0.2) is 54.9 Å². The van der Waals surface area contributed by atoms with Gasteiger partial charge in [-0.15, -0.1) is 0 Å². The molecule has 2 bridgehead atoms. The summed E-state index contributed by atoms with van der Waals surface area (Å²) >= 11 is 0. The Morgan fingerprint density at radius 3 is 2.51 bits per heavy atom. The Morgan fingerprint density at radius 1 is 0.889 bits per heavy atom. The highest BCUT2D eigenvalue weighted by molar-refractivity contribution is 5.97. The number of H-pyrrole nitrogens is 1. The standard InChI is InChI=1S/C33H42N8O4/c42-29-12-7-18-41(33(45)26-22-38-40-30(26)24-10-5-2-6-11-24)19-17-37-31(43)28(20-23-8-3-1-4-9-23)39-32(44)27-21-25(13-14-35-27)34-15-16-36-29/h1,3-4,8-9,13-14,21-22,24,28,34H,2,5-7,10-12,15-20H2,(H,36,42)(H,37,43)(H,38,40)(H,39,44)/t28-/m0/s1. The van der Waals surface area contributed by atoms with E-state index in [1.165, 1.54) is 12.6 Å². The van der Waals surface area contributed by atoms with Crippen molar-refractivity contribution in [3.8, 4) is 0 Å². The maximum atomic E-state index is 13.9. The summed E-state index contributed by atoms with van der Waals surface area (Å²) in [5.41, 5.74) is 3.15. The number of aromatic nitrogens is 3. The molecular formula is C33H42N8O4. The van der Waals surface area contributed by atoms with E-state index in [1.54, 1.807) is 23.2 Å². The molecule has 0 radical (unpaired) electrons. The molecule has 1 saturated carbocycles. The van der Waals surface area contributed by atoms with Crippen LogP contribution in [0, 0.1) is 0 Å². The first-order valence-corrected chi connectivity index (χ1v) is 15.9. The first-order chi connectivity index (χ1) is 22.0. The quantitative estimate of drug-likeness (QED) is 0.302. The molecule has 0 unspecified atom stereocenters. The first-order valence-electron chi connectivity index (χ1n) is 15.9. The van der Waals surface area contributed by atoms with E-state index in [2.05, 4.69) is 36.4 Å². The van der Waals surface area contributed by atoms with Crippen LogP contribution in [0.25, 0.3) is 0 Å². The summed E-state index contributed by atoms with van der Waals surface area (Å²) < 4.78 is 0. The third-order valence-electron chi connectivity index (χ3n) is 8.39. The number of hydrogen-bond acceptors (Lipinski definition) is 7. The molecule has 2 aliphatic rings. The molecule has 1 aromatic carbocycles. The fourth-order valence-corrected chi connectivity index (χ4v) is 5.98. The number of hydrogen-bond donors (Lipinski definition) is 5. The fraction of sp³-hybridized carbons (Fsp3) is 0.455. The number of aromatic amines is 1. The van der Waals surface area contributed by atoms with Crippen LogP contribution in [-0.2, 0) is 16.0 Å². The van der Waals surface area contributed by atoms with Crippen LogP contribution in [0.1, 0.15) is 83.0 Å². The summed E-state index contributed by atoms with van der Waals surface area (Å²) in [7, 11) is 0. The number of benzene rings is 1. The molecule has 2 aromatic heterocycles. The molecule has 238 valence electrons. The highest BCUT2D eigenvalue weighted by atomic mass is 16.2. The number of rotatable bonds is 4. The Balaban J connectivity index is 1.34. The van der Waals surface area contributed by atoms with Gasteiger partial charge < -0.3 is 26.2 Å². The van der Waals surface area contributed by atoms with Crippen molar-refractivity contribution in [3.63, 3.8) is 0 Å². The predicted molar refractivity (Wildman–Crippen MR) is 170 cm³/mol. The molecule has 12 nitrogen and oxygen atoms in total. The Morgan fingerprint density at radius 2 is 1.69 bits per heavy atom. The van der Waals surface area contributed by atoms with Crippen LogP contribution in [0.4, 0.5) is 5.69 Å². The second-order valence-electron chi connectivity index (χ2n) is 11.6. The maximum Gasteiger partial charge on any atom is 0.270 e. The van der Waals surface area contributed by atoms with E-state index >= 15 is 0 Å².